The average molecular weight is 209 g/mol. The molecule has 0 aromatic rings. The van der Waals surface area contributed by atoms with Gasteiger partial charge in [0.15, 0.2) is 0 Å². The maximum absolute atomic E-state index is 9.56. The van der Waals surface area contributed by atoms with Gasteiger partial charge >= 0.3 is 29.6 Å². The normalized spacial score (nSPS) is 11.2. The van der Waals surface area contributed by atoms with E-state index < -0.39 is 10.1 Å². The molecule has 0 aromatic heterocycles. The van der Waals surface area contributed by atoms with Gasteiger partial charge in [0.05, 0.1) is 0 Å². The Kier molecular flexibility index (Phi) is 7.36. The third kappa shape index (κ3) is 10.2. The van der Waals surface area contributed by atoms with Crippen LogP contribution in [0.1, 0.15) is 0 Å². The van der Waals surface area contributed by atoms with Crippen molar-refractivity contribution in [2.75, 3.05) is 0 Å². The summed E-state index contributed by atoms with van der Waals surface area (Å²) >= 11 is 2.63. The third-order valence-corrected chi connectivity index (χ3v) is 1.30. The summed E-state index contributed by atoms with van der Waals surface area (Å²) in [4.78, 5) is 0.995. The fraction of sp³-hybridized carbons (Fsp3) is 0. The Labute approximate surface area is 78.3 Å². The second-order valence-corrected chi connectivity index (χ2v) is 2.54. The van der Waals surface area contributed by atoms with Crippen molar-refractivity contribution in [1.29, 1.82) is 0 Å². The predicted octanol–water partition coefficient (Wildman–Crippen LogP) is -2.60. The Hall–Kier alpha value is 1.13. The second-order valence-electron chi connectivity index (χ2n) is 0.755. The quantitative estimate of drug-likeness (QED) is 0.351. The monoisotopic (exact) mass is 208 g/mol. The molecule has 0 saturated heterocycles. The van der Waals surface area contributed by atoms with E-state index in [9.17, 15) is 13.0 Å². The van der Waals surface area contributed by atoms with Gasteiger partial charge in [-0.25, -0.2) is 8.42 Å². The molecule has 8 heavy (non-hydrogen) atoms. The summed E-state index contributed by atoms with van der Waals surface area (Å²) in [7, 11) is -4.15. The molecular weight excluding hydrogens is 207 g/mol. The van der Waals surface area contributed by atoms with Gasteiger partial charge in [0.2, 0.25) is 0 Å². The molecule has 0 radical (unpaired) electrons. The molecule has 0 spiro atoms. The minimum atomic E-state index is -4.15. The van der Waals surface area contributed by atoms with E-state index >= 15 is 0 Å². The predicted molar refractivity (Wildman–Crippen MR) is 27.8 cm³/mol. The second kappa shape index (κ2) is 4.96. The number of halogens is 1. The fourth-order valence-electron chi connectivity index (χ4n) is 0.0630. The van der Waals surface area contributed by atoms with Crippen LogP contribution in [0.25, 0.3) is 0 Å². The summed E-state index contributed by atoms with van der Waals surface area (Å²) in [6, 6.07) is 0. The van der Waals surface area contributed by atoms with Crippen LogP contribution in [-0.4, -0.2) is 13.0 Å². The largest absolute Gasteiger partial charge is 1.00 e. The van der Waals surface area contributed by atoms with Crippen LogP contribution in [0.15, 0.2) is 10.4 Å². The number of hydrogen-bond donors (Lipinski definition) is 0. The molecule has 0 atom stereocenters. The zero-order valence-corrected chi connectivity index (χ0v) is 8.57. The first-order chi connectivity index (χ1) is 3.06. The summed E-state index contributed by atoms with van der Waals surface area (Å²) < 4.78 is 28.7. The van der Waals surface area contributed by atoms with E-state index in [4.69, 9.17) is 0 Å². The Balaban J connectivity index is 0. The zero-order chi connectivity index (χ0) is 5.91. The molecule has 42 valence electrons. The van der Waals surface area contributed by atoms with Gasteiger partial charge in [0.25, 0.3) is 0 Å². The molecule has 0 fully saturated rings. The Bertz CT molecular complexity index is 160. The SMILES string of the molecule is O=S(=O)([O-])C=CBr.[Na+]. The van der Waals surface area contributed by atoms with E-state index in [1.165, 1.54) is 0 Å². The molecule has 0 bridgehead atoms. The van der Waals surface area contributed by atoms with Crippen molar-refractivity contribution in [1.82, 2.24) is 0 Å². The van der Waals surface area contributed by atoms with Gasteiger partial charge in [-0.15, -0.1) is 0 Å². The van der Waals surface area contributed by atoms with E-state index in [0.717, 1.165) is 4.99 Å². The summed E-state index contributed by atoms with van der Waals surface area (Å²) in [6.07, 6.45) is 0. The minimum Gasteiger partial charge on any atom is -0.744 e. The molecule has 0 aliphatic carbocycles. The maximum atomic E-state index is 9.56. The Morgan fingerprint density at radius 3 is 1.88 bits per heavy atom. The van der Waals surface area contributed by atoms with Crippen LogP contribution in [0.2, 0.25) is 0 Å². The fourth-order valence-corrected chi connectivity index (χ4v) is 0.982. The summed E-state index contributed by atoms with van der Waals surface area (Å²) in [6.45, 7) is 0. The standard InChI is InChI=1S/C2H3BrO3S.Na/c3-1-2-7(4,5)6;/h1-2H,(H,4,5,6);/q;+1/p-1. The van der Waals surface area contributed by atoms with Gasteiger partial charge in [0.1, 0.15) is 10.1 Å². The molecule has 0 rings (SSSR count). The van der Waals surface area contributed by atoms with Gasteiger partial charge < -0.3 is 4.55 Å². The number of hydrogen-bond acceptors (Lipinski definition) is 3. The molecule has 0 amide bonds. The summed E-state index contributed by atoms with van der Waals surface area (Å²) in [5.41, 5.74) is 0. The third-order valence-electron chi connectivity index (χ3n) is 0.218. The maximum Gasteiger partial charge on any atom is 1.00 e. The molecule has 3 nitrogen and oxygen atoms in total. The van der Waals surface area contributed by atoms with Crippen molar-refractivity contribution in [2.45, 2.75) is 0 Å². The molecule has 0 saturated carbocycles. The molecule has 0 aliphatic heterocycles. The zero-order valence-electron chi connectivity index (χ0n) is 4.17. The van der Waals surface area contributed by atoms with Crippen LogP contribution < -0.4 is 29.6 Å². The average Bonchev–Trinajstić information content (AvgIpc) is 1.30. The van der Waals surface area contributed by atoms with Crippen LogP contribution in [0.5, 0.6) is 0 Å². The van der Waals surface area contributed by atoms with Crippen LogP contribution in [0.4, 0.5) is 0 Å². The van der Waals surface area contributed by atoms with E-state index in [0.29, 0.717) is 5.41 Å². The van der Waals surface area contributed by atoms with E-state index in [2.05, 4.69) is 15.9 Å². The van der Waals surface area contributed by atoms with Crippen LogP contribution in [0.3, 0.4) is 0 Å². The van der Waals surface area contributed by atoms with Crippen molar-refractivity contribution >= 4 is 26.0 Å². The van der Waals surface area contributed by atoms with Gasteiger partial charge in [-0.3, -0.25) is 0 Å². The van der Waals surface area contributed by atoms with Gasteiger partial charge in [0, 0.05) is 5.41 Å². The van der Waals surface area contributed by atoms with Gasteiger partial charge in [-0.1, -0.05) is 15.9 Å². The van der Waals surface area contributed by atoms with Crippen LogP contribution in [-0.2, 0) is 10.1 Å². The first-order valence-corrected chi connectivity index (χ1v) is 3.67. The topological polar surface area (TPSA) is 57.2 Å². The van der Waals surface area contributed by atoms with Gasteiger partial charge in [-0.05, 0) is 4.99 Å². The Morgan fingerprint density at radius 2 is 1.88 bits per heavy atom. The van der Waals surface area contributed by atoms with Crippen molar-refractivity contribution in [3.05, 3.63) is 10.4 Å². The summed E-state index contributed by atoms with van der Waals surface area (Å²) in [5.74, 6) is 0. The molecule has 0 aromatic carbocycles. The molecule has 0 heterocycles. The van der Waals surface area contributed by atoms with Crippen molar-refractivity contribution in [2.24, 2.45) is 0 Å². The van der Waals surface area contributed by atoms with Crippen LogP contribution >= 0.6 is 15.9 Å². The molecule has 6 heteroatoms. The van der Waals surface area contributed by atoms with E-state index in [1.54, 1.807) is 0 Å². The summed E-state index contributed by atoms with van der Waals surface area (Å²) in [5, 5.41) is 0.521. The van der Waals surface area contributed by atoms with Crippen molar-refractivity contribution in [3.8, 4) is 0 Å². The van der Waals surface area contributed by atoms with E-state index in [-0.39, 0.29) is 29.6 Å². The molecule has 0 unspecified atom stereocenters. The first-order valence-electron chi connectivity index (χ1n) is 1.29. The minimum absolute atomic E-state index is 0. The van der Waals surface area contributed by atoms with Crippen LogP contribution in [0, 0.1) is 0 Å². The number of rotatable bonds is 1. The smallest absolute Gasteiger partial charge is 0.744 e. The Morgan fingerprint density at radius 1 is 1.50 bits per heavy atom. The molecular formula is C2H2BrNaO3S. The van der Waals surface area contributed by atoms with Crippen molar-refractivity contribution in [3.63, 3.8) is 0 Å². The molecule has 0 aliphatic rings. The first kappa shape index (κ1) is 11.9. The van der Waals surface area contributed by atoms with E-state index in [1.807, 2.05) is 0 Å². The molecule has 0 N–H and O–H groups in total. The van der Waals surface area contributed by atoms with Crippen molar-refractivity contribution < 1.29 is 42.5 Å². The van der Waals surface area contributed by atoms with Gasteiger partial charge in [-0.2, -0.15) is 0 Å².